The van der Waals surface area contributed by atoms with Gasteiger partial charge in [-0.3, -0.25) is 0 Å². The molecule has 1 aromatic carbocycles. The van der Waals surface area contributed by atoms with E-state index in [4.69, 9.17) is 4.74 Å². The minimum absolute atomic E-state index is 0.0479. The highest BCUT2D eigenvalue weighted by molar-refractivity contribution is 5.25. The third-order valence-electron chi connectivity index (χ3n) is 4.09. The van der Waals surface area contributed by atoms with Crippen LogP contribution < -0.4 is 5.32 Å². The molecule has 118 valence electrons. The average molecular weight is 289 g/mol. The Morgan fingerprint density at radius 3 is 2.38 bits per heavy atom. The van der Waals surface area contributed by atoms with E-state index in [0.29, 0.717) is 11.8 Å². The highest BCUT2D eigenvalue weighted by atomic mass is 16.5. The van der Waals surface area contributed by atoms with Crippen LogP contribution in [-0.4, -0.2) is 18.7 Å². The zero-order valence-electron chi connectivity index (χ0n) is 14.3. The number of hydrogen-bond donors (Lipinski definition) is 1. The SMILES string of the molecule is CC(C)Cc1ccc(C2CNCC(C)(CC(C)C)O2)cc1. The lowest BCUT2D eigenvalue weighted by molar-refractivity contribution is -0.117. The van der Waals surface area contributed by atoms with Crippen molar-refractivity contribution in [3.63, 3.8) is 0 Å². The molecule has 0 aliphatic carbocycles. The minimum Gasteiger partial charge on any atom is -0.365 e. The fourth-order valence-corrected chi connectivity index (χ4v) is 3.40. The van der Waals surface area contributed by atoms with E-state index in [1.165, 1.54) is 11.1 Å². The third kappa shape index (κ3) is 4.82. The molecule has 2 atom stereocenters. The Labute approximate surface area is 130 Å². The summed E-state index contributed by atoms with van der Waals surface area (Å²) in [4.78, 5) is 0. The van der Waals surface area contributed by atoms with Crippen molar-refractivity contribution in [2.24, 2.45) is 11.8 Å². The van der Waals surface area contributed by atoms with E-state index in [1.54, 1.807) is 0 Å². The fraction of sp³-hybridized carbons (Fsp3) is 0.684. The predicted molar refractivity (Wildman–Crippen MR) is 89.5 cm³/mol. The van der Waals surface area contributed by atoms with Gasteiger partial charge < -0.3 is 10.1 Å². The summed E-state index contributed by atoms with van der Waals surface area (Å²) in [6.45, 7) is 13.2. The van der Waals surface area contributed by atoms with Crippen molar-refractivity contribution < 1.29 is 4.74 Å². The maximum Gasteiger partial charge on any atom is 0.0957 e. The molecule has 1 aliphatic rings. The first-order valence-electron chi connectivity index (χ1n) is 8.35. The fourth-order valence-electron chi connectivity index (χ4n) is 3.40. The van der Waals surface area contributed by atoms with Crippen molar-refractivity contribution in [2.45, 2.75) is 59.2 Å². The van der Waals surface area contributed by atoms with Gasteiger partial charge in [-0.25, -0.2) is 0 Å². The van der Waals surface area contributed by atoms with Gasteiger partial charge in [0.2, 0.25) is 0 Å². The molecule has 2 unspecified atom stereocenters. The van der Waals surface area contributed by atoms with Crippen LogP contribution in [0.4, 0.5) is 0 Å². The number of rotatable bonds is 5. The second-order valence-corrected chi connectivity index (χ2v) is 7.62. The Hall–Kier alpha value is -0.860. The molecule has 1 aliphatic heterocycles. The van der Waals surface area contributed by atoms with Crippen molar-refractivity contribution >= 4 is 0 Å². The van der Waals surface area contributed by atoms with Crippen LogP contribution in [0.15, 0.2) is 24.3 Å². The minimum atomic E-state index is -0.0479. The Morgan fingerprint density at radius 1 is 1.14 bits per heavy atom. The van der Waals surface area contributed by atoms with Crippen LogP contribution in [0.3, 0.4) is 0 Å². The van der Waals surface area contributed by atoms with Crippen molar-refractivity contribution in [1.29, 1.82) is 0 Å². The van der Waals surface area contributed by atoms with Crippen LogP contribution in [0.2, 0.25) is 0 Å². The summed E-state index contributed by atoms with van der Waals surface area (Å²) >= 11 is 0. The van der Waals surface area contributed by atoms with Gasteiger partial charge >= 0.3 is 0 Å². The molecule has 0 bridgehead atoms. The lowest BCUT2D eigenvalue weighted by atomic mass is 9.91. The largest absolute Gasteiger partial charge is 0.365 e. The lowest BCUT2D eigenvalue weighted by Crippen LogP contribution is -2.49. The highest BCUT2D eigenvalue weighted by Crippen LogP contribution is 2.31. The Balaban J connectivity index is 2.04. The van der Waals surface area contributed by atoms with Gasteiger partial charge in [-0.15, -0.1) is 0 Å². The molecule has 0 radical (unpaired) electrons. The van der Waals surface area contributed by atoms with Gasteiger partial charge in [0.1, 0.15) is 0 Å². The Bertz CT molecular complexity index is 437. The molecule has 0 amide bonds. The van der Waals surface area contributed by atoms with Gasteiger partial charge in [0.15, 0.2) is 0 Å². The summed E-state index contributed by atoms with van der Waals surface area (Å²) in [5.41, 5.74) is 2.67. The van der Waals surface area contributed by atoms with E-state index in [1.807, 2.05) is 0 Å². The molecule has 2 nitrogen and oxygen atoms in total. The molecule has 0 aromatic heterocycles. The first-order valence-corrected chi connectivity index (χ1v) is 8.35. The van der Waals surface area contributed by atoms with Crippen LogP contribution in [0.5, 0.6) is 0 Å². The first kappa shape index (κ1) is 16.5. The van der Waals surface area contributed by atoms with Gasteiger partial charge in [-0.2, -0.15) is 0 Å². The second kappa shape index (κ2) is 6.93. The monoisotopic (exact) mass is 289 g/mol. The second-order valence-electron chi connectivity index (χ2n) is 7.62. The van der Waals surface area contributed by atoms with Crippen LogP contribution in [0.25, 0.3) is 0 Å². The quantitative estimate of drug-likeness (QED) is 0.870. The molecular formula is C19H31NO. The molecule has 0 spiro atoms. The molecule has 1 fully saturated rings. The lowest BCUT2D eigenvalue weighted by Gasteiger charge is -2.40. The molecule has 2 rings (SSSR count). The van der Waals surface area contributed by atoms with Crippen LogP contribution in [0, 0.1) is 11.8 Å². The normalized spacial score (nSPS) is 26.5. The standard InChI is InChI=1S/C19H31NO/c1-14(2)10-16-6-8-17(9-7-16)18-12-20-13-19(5,21-18)11-15(3)4/h6-9,14-15,18,20H,10-13H2,1-5H3. The van der Waals surface area contributed by atoms with E-state index in [-0.39, 0.29) is 11.7 Å². The van der Waals surface area contributed by atoms with Gasteiger partial charge in [0.25, 0.3) is 0 Å². The van der Waals surface area contributed by atoms with E-state index < -0.39 is 0 Å². The number of benzene rings is 1. The van der Waals surface area contributed by atoms with E-state index in [2.05, 4.69) is 64.2 Å². The molecule has 21 heavy (non-hydrogen) atoms. The van der Waals surface area contributed by atoms with Gasteiger partial charge in [-0.05, 0) is 42.7 Å². The zero-order valence-corrected chi connectivity index (χ0v) is 14.3. The Kier molecular flexibility index (Phi) is 5.45. The summed E-state index contributed by atoms with van der Waals surface area (Å²) in [7, 11) is 0. The summed E-state index contributed by atoms with van der Waals surface area (Å²) < 4.78 is 6.43. The Morgan fingerprint density at radius 2 is 1.81 bits per heavy atom. The molecule has 1 saturated heterocycles. The average Bonchev–Trinajstić information content (AvgIpc) is 2.37. The van der Waals surface area contributed by atoms with Crippen LogP contribution >= 0.6 is 0 Å². The van der Waals surface area contributed by atoms with Crippen LogP contribution in [0.1, 0.15) is 58.3 Å². The molecule has 1 aromatic rings. The van der Waals surface area contributed by atoms with Gasteiger partial charge in [0, 0.05) is 13.1 Å². The van der Waals surface area contributed by atoms with Gasteiger partial charge in [-0.1, -0.05) is 52.0 Å². The number of morpholine rings is 1. The van der Waals surface area contributed by atoms with Crippen molar-refractivity contribution in [3.05, 3.63) is 35.4 Å². The summed E-state index contributed by atoms with van der Waals surface area (Å²) in [5, 5.41) is 3.55. The van der Waals surface area contributed by atoms with Crippen molar-refractivity contribution in [2.75, 3.05) is 13.1 Å². The van der Waals surface area contributed by atoms with E-state index in [0.717, 1.165) is 25.9 Å². The van der Waals surface area contributed by atoms with Gasteiger partial charge in [0.05, 0.1) is 11.7 Å². The first-order chi connectivity index (χ1) is 9.88. The van der Waals surface area contributed by atoms with E-state index >= 15 is 0 Å². The molecular weight excluding hydrogens is 258 g/mol. The molecule has 2 heteroatoms. The summed E-state index contributed by atoms with van der Waals surface area (Å²) in [6.07, 6.45) is 2.42. The number of nitrogens with one attached hydrogen (secondary N) is 1. The predicted octanol–water partition coefficient (Wildman–Crippen LogP) is 4.35. The topological polar surface area (TPSA) is 21.3 Å². The van der Waals surface area contributed by atoms with Crippen LogP contribution in [-0.2, 0) is 11.2 Å². The highest BCUT2D eigenvalue weighted by Gasteiger charge is 2.33. The van der Waals surface area contributed by atoms with Crippen molar-refractivity contribution in [1.82, 2.24) is 5.32 Å². The zero-order chi connectivity index (χ0) is 15.5. The molecule has 1 N–H and O–H groups in total. The maximum atomic E-state index is 6.43. The maximum absolute atomic E-state index is 6.43. The summed E-state index contributed by atoms with van der Waals surface area (Å²) in [5.74, 6) is 1.36. The molecule has 0 saturated carbocycles. The third-order valence-corrected chi connectivity index (χ3v) is 4.09. The number of ether oxygens (including phenoxy) is 1. The number of hydrogen-bond acceptors (Lipinski definition) is 2. The van der Waals surface area contributed by atoms with E-state index in [9.17, 15) is 0 Å². The molecule has 1 heterocycles. The summed E-state index contributed by atoms with van der Waals surface area (Å²) in [6, 6.07) is 9.00. The smallest absolute Gasteiger partial charge is 0.0957 e. The van der Waals surface area contributed by atoms with Crippen molar-refractivity contribution in [3.8, 4) is 0 Å².